The van der Waals surface area contributed by atoms with Gasteiger partial charge in [-0.1, -0.05) is 16.8 Å². The second-order valence-corrected chi connectivity index (χ2v) is 11.9. The molecular formula is C20H19ClFN3O5S2. The third-order valence-corrected chi connectivity index (χ3v) is 8.68. The number of nitrogens with zero attached hydrogens (tertiary/aromatic N) is 3. The maximum absolute atomic E-state index is 13.3. The predicted molar refractivity (Wildman–Crippen MR) is 115 cm³/mol. The Labute approximate surface area is 190 Å². The molecular weight excluding hydrogens is 481 g/mol. The number of rotatable bonds is 5. The molecule has 0 radical (unpaired) electrons. The summed E-state index contributed by atoms with van der Waals surface area (Å²) in [7, 11) is -7.67. The molecule has 1 fully saturated rings. The fourth-order valence-electron chi connectivity index (χ4n) is 3.53. The minimum absolute atomic E-state index is 0.0593. The first kappa shape index (κ1) is 22.8. The highest BCUT2D eigenvalue weighted by Gasteiger charge is 2.35. The monoisotopic (exact) mass is 499 g/mol. The smallest absolute Gasteiger partial charge is 0.244 e. The number of aromatic nitrogens is 2. The Kier molecular flexibility index (Phi) is 6.10. The van der Waals surface area contributed by atoms with Crippen molar-refractivity contribution in [3.05, 3.63) is 59.2 Å². The molecule has 0 amide bonds. The van der Waals surface area contributed by atoms with Gasteiger partial charge in [-0.3, -0.25) is 0 Å². The Balaban J connectivity index is 1.60. The summed E-state index contributed by atoms with van der Waals surface area (Å²) >= 11 is 6.12. The summed E-state index contributed by atoms with van der Waals surface area (Å²) in [6.07, 6.45) is 2.17. The lowest BCUT2D eigenvalue weighted by molar-refractivity contribution is 0.265. The molecule has 2 heterocycles. The topological polar surface area (TPSA) is 110 Å². The summed E-state index contributed by atoms with van der Waals surface area (Å²) < 4.78 is 70.0. The average Bonchev–Trinajstić information content (AvgIpc) is 3.24. The number of hydrogen-bond acceptors (Lipinski definition) is 7. The van der Waals surface area contributed by atoms with Crippen molar-refractivity contribution in [2.75, 3.05) is 19.3 Å². The van der Waals surface area contributed by atoms with Crippen molar-refractivity contribution in [3.8, 4) is 11.4 Å². The maximum Gasteiger partial charge on any atom is 0.244 e. The molecule has 4 rings (SSSR count). The Morgan fingerprint density at radius 2 is 1.84 bits per heavy atom. The van der Waals surface area contributed by atoms with Crippen LogP contribution in [0.5, 0.6) is 0 Å². The highest BCUT2D eigenvalue weighted by molar-refractivity contribution is 7.91. The number of sulfonamides is 1. The number of benzene rings is 2. The van der Waals surface area contributed by atoms with Crippen LogP contribution in [0.3, 0.4) is 0 Å². The molecule has 1 atom stereocenters. The lowest BCUT2D eigenvalue weighted by Crippen LogP contribution is -2.39. The molecule has 1 aliphatic rings. The average molecular weight is 500 g/mol. The van der Waals surface area contributed by atoms with Gasteiger partial charge in [-0.25, -0.2) is 21.2 Å². The fourth-order valence-corrected chi connectivity index (χ4v) is 6.28. The molecule has 12 heteroatoms. The van der Waals surface area contributed by atoms with Gasteiger partial charge < -0.3 is 4.52 Å². The Morgan fingerprint density at radius 3 is 2.53 bits per heavy atom. The van der Waals surface area contributed by atoms with Crippen molar-refractivity contribution < 1.29 is 25.7 Å². The van der Waals surface area contributed by atoms with Crippen LogP contribution in [0.1, 0.15) is 24.7 Å². The number of sulfone groups is 1. The number of piperidine rings is 1. The minimum atomic E-state index is -4.06. The van der Waals surface area contributed by atoms with E-state index in [1.54, 1.807) is 0 Å². The highest BCUT2D eigenvalue weighted by atomic mass is 35.5. The molecule has 1 saturated heterocycles. The zero-order valence-corrected chi connectivity index (χ0v) is 19.3. The molecule has 8 nitrogen and oxygen atoms in total. The molecule has 3 aromatic rings. The first-order valence-corrected chi connectivity index (χ1v) is 13.4. The van der Waals surface area contributed by atoms with Gasteiger partial charge in [-0.15, -0.1) is 0 Å². The zero-order chi connectivity index (χ0) is 23.1. The second kappa shape index (κ2) is 8.54. The van der Waals surface area contributed by atoms with Gasteiger partial charge in [0.1, 0.15) is 10.7 Å². The molecule has 0 aliphatic carbocycles. The van der Waals surface area contributed by atoms with E-state index in [0.717, 1.165) is 12.3 Å². The van der Waals surface area contributed by atoms with Gasteiger partial charge in [-0.2, -0.15) is 9.29 Å². The van der Waals surface area contributed by atoms with Crippen LogP contribution in [0.2, 0.25) is 5.02 Å². The molecule has 0 unspecified atom stereocenters. The molecule has 0 N–H and O–H groups in total. The van der Waals surface area contributed by atoms with Crippen molar-refractivity contribution in [1.29, 1.82) is 0 Å². The van der Waals surface area contributed by atoms with Crippen molar-refractivity contribution in [3.63, 3.8) is 0 Å². The first-order valence-electron chi connectivity index (χ1n) is 9.65. The Hall–Kier alpha value is -2.34. The van der Waals surface area contributed by atoms with E-state index in [0.29, 0.717) is 18.4 Å². The summed E-state index contributed by atoms with van der Waals surface area (Å²) in [4.78, 5) is 3.97. The van der Waals surface area contributed by atoms with E-state index in [4.69, 9.17) is 16.1 Å². The van der Waals surface area contributed by atoms with Crippen LogP contribution in [0.25, 0.3) is 11.4 Å². The number of halogens is 2. The third-order valence-electron chi connectivity index (χ3n) is 5.23. The zero-order valence-electron chi connectivity index (χ0n) is 16.9. The third kappa shape index (κ3) is 4.56. The van der Waals surface area contributed by atoms with Crippen molar-refractivity contribution in [1.82, 2.24) is 14.4 Å². The van der Waals surface area contributed by atoms with Crippen LogP contribution in [-0.2, 0) is 19.9 Å². The highest BCUT2D eigenvalue weighted by Crippen LogP contribution is 2.33. The summed E-state index contributed by atoms with van der Waals surface area (Å²) in [5.74, 6) is -0.176. The van der Waals surface area contributed by atoms with E-state index < -0.39 is 19.9 Å². The van der Waals surface area contributed by atoms with E-state index in [2.05, 4.69) is 10.1 Å². The van der Waals surface area contributed by atoms with E-state index in [-0.39, 0.29) is 51.4 Å². The maximum atomic E-state index is 13.3. The Morgan fingerprint density at radius 1 is 1.12 bits per heavy atom. The first-order chi connectivity index (χ1) is 15.1. The van der Waals surface area contributed by atoms with E-state index in [1.165, 1.54) is 40.7 Å². The van der Waals surface area contributed by atoms with Crippen LogP contribution in [0, 0.1) is 5.82 Å². The molecule has 170 valence electrons. The lowest BCUT2D eigenvalue weighted by Gasteiger charge is -2.30. The fraction of sp³-hybridized carbons (Fsp3) is 0.300. The van der Waals surface area contributed by atoms with Gasteiger partial charge in [0, 0.05) is 24.9 Å². The van der Waals surface area contributed by atoms with Crippen LogP contribution in [0.15, 0.2) is 56.8 Å². The van der Waals surface area contributed by atoms with Crippen LogP contribution in [-0.4, -0.2) is 50.6 Å². The van der Waals surface area contributed by atoms with Crippen molar-refractivity contribution in [2.45, 2.75) is 28.6 Å². The van der Waals surface area contributed by atoms with Gasteiger partial charge in [0.15, 0.2) is 9.84 Å². The van der Waals surface area contributed by atoms with E-state index >= 15 is 0 Å². The molecule has 0 bridgehead atoms. The van der Waals surface area contributed by atoms with E-state index in [9.17, 15) is 21.2 Å². The molecule has 2 aromatic carbocycles. The molecule has 0 saturated carbocycles. The van der Waals surface area contributed by atoms with Crippen LogP contribution >= 0.6 is 11.6 Å². The second-order valence-electron chi connectivity index (χ2n) is 7.53. The summed E-state index contributed by atoms with van der Waals surface area (Å²) in [5.41, 5.74) is 0.575. The van der Waals surface area contributed by atoms with Gasteiger partial charge in [0.25, 0.3) is 0 Å². The lowest BCUT2D eigenvalue weighted by atomic mass is 10.00. The van der Waals surface area contributed by atoms with Crippen molar-refractivity contribution in [2.24, 2.45) is 0 Å². The standard InChI is InChI=1S/C20H19ClFN3O5S2/c1-31(26,27)16-8-9-17(21)18(11-16)32(28,29)25-10-2-3-14(12-25)20-23-19(24-30-20)13-4-6-15(22)7-5-13/h4-9,11,14H,2-3,10,12H2,1H3/t14-/m1/s1. The molecule has 0 spiro atoms. The summed E-state index contributed by atoms with van der Waals surface area (Å²) in [5, 5.41) is 3.87. The van der Waals surface area contributed by atoms with Crippen molar-refractivity contribution >= 4 is 31.5 Å². The van der Waals surface area contributed by atoms with E-state index in [1.807, 2.05) is 0 Å². The molecule has 1 aromatic heterocycles. The summed E-state index contributed by atoms with van der Waals surface area (Å²) in [6, 6.07) is 9.24. The largest absolute Gasteiger partial charge is 0.339 e. The minimum Gasteiger partial charge on any atom is -0.339 e. The normalized spacial score (nSPS) is 18.0. The molecule has 32 heavy (non-hydrogen) atoms. The van der Waals surface area contributed by atoms with Gasteiger partial charge >= 0.3 is 0 Å². The SMILES string of the molecule is CS(=O)(=O)c1ccc(Cl)c(S(=O)(=O)N2CCC[C@@H](c3nc(-c4ccc(F)cc4)no3)C2)c1. The van der Waals surface area contributed by atoms with Gasteiger partial charge in [0.2, 0.25) is 21.7 Å². The predicted octanol–water partition coefficient (Wildman–Crippen LogP) is 3.50. The van der Waals surface area contributed by atoms with Crippen LogP contribution < -0.4 is 0 Å². The number of hydrogen-bond donors (Lipinski definition) is 0. The van der Waals surface area contributed by atoms with Gasteiger partial charge in [0.05, 0.1) is 15.8 Å². The summed E-state index contributed by atoms with van der Waals surface area (Å²) in [6.45, 7) is 0.323. The quantitative estimate of drug-likeness (QED) is 0.528. The van der Waals surface area contributed by atoms with Crippen LogP contribution in [0.4, 0.5) is 4.39 Å². The molecule has 1 aliphatic heterocycles. The Bertz CT molecular complexity index is 1360. The van der Waals surface area contributed by atoms with Gasteiger partial charge in [-0.05, 0) is 55.3 Å².